The highest BCUT2D eigenvalue weighted by molar-refractivity contribution is 6.02. The van der Waals surface area contributed by atoms with E-state index in [1.807, 2.05) is 85.8 Å². The minimum atomic E-state index is -0.256. The molecule has 0 unspecified atom stereocenters. The Morgan fingerprint density at radius 2 is 1.64 bits per heavy atom. The van der Waals surface area contributed by atoms with E-state index in [-0.39, 0.29) is 5.91 Å². The fourth-order valence-electron chi connectivity index (χ4n) is 3.58. The van der Waals surface area contributed by atoms with E-state index in [0.717, 1.165) is 33.6 Å². The highest BCUT2D eigenvalue weighted by atomic mass is 16.3. The number of fused-ring (bicyclic) bond motifs is 1. The zero-order valence-corrected chi connectivity index (χ0v) is 18.3. The van der Waals surface area contributed by atoms with Gasteiger partial charge in [-0.2, -0.15) is 0 Å². The lowest BCUT2D eigenvalue weighted by molar-refractivity contribution is -0.111. The van der Waals surface area contributed by atoms with Gasteiger partial charge in [-0.1, -0.05) is 36.4 Å². The number of nitrogens with zero attached hydrogens (tertiary/aromatic N) is 1. The molecule has 0 radical (unpaired) electrons. The van der Waals surface area contributed by atoms with Crippen LogP contribution in [0, 0.1) is 13.8 Å². The SMILES string of the molecule is Cc1cc2nc(-c3cccc(NC(=O)/C=C/c4ccc(-c5ccccc5)o4)c3)oc2cc1C. The molecule has 5 nitrogen and oxygen atoms in total. The van der Waals surface area contributed by atoms with Crippen LogP contribution in [0.25, 0.3) is 40.0 Å². The molecule has 5 aromatic rings. The van der Waals surface area contributed by atoms with Crippen LogP contribution in [0.4, 0.5) is 5.69 Å². The van der Waals surface area contributed by atoms with Gasteiger partial charge in [0.05, 0.1) is 0 Å². The minimum absolute atomic E-state index is 0.256. The molecule has 1 N–H and O–H groups in total. The Balaban J connectivity index is 1.30. The van der Waals surface area contributed by atoms with Crippen LogP contribution in [0.1, 0.15) is 16.9 Å². The summed E-state index contributed by atoms with van der Waals surface area (Å²) in [6.07, 6.45) is 3.10. The highest BCUT2D eigenvalue weighted by Crippen LogP contribution is 2.28. The quantitative estimate of drug-likeness (QED) is 0.302. The number of oxazole rings is 1. The number of aryl methyl sites for hydroxylation is 2. The number of amides is 1. The lowest BCUT2D eigenvalue weighted by Gasteiger charge is -2.03. The fraction of sp³-hybridized carbons (Fsp3) is 0.0714. The largest absolute Gasteiger partial charge is 0.457 e. The summed E-state index contributed by atoms with van der Waals surface area (Å²) in [5.74, 6) is 1.63. The fourth-order valence-corrected chi connectivity index (χ4v) is 3.58. The number of anilines is 1. The monoisotopic (exact) mass is 434 g/mol. The Labute approximate surface area is 191 Å². The van der Waals surface area contributed by atoms with E-state index in [0.29, 0.717) is 17.3 Å². The first-order valence-corrected chi connectivity index (χ1v) is 10.7. The van der Waals surface area contributed by atoms with Crippen molar-refractivity contribution in [3.05, 3.63) is 102 Å². The Bertz CT molecular complexity index is 1440. The van der Waals surface area contributed by atoms with Crippen molar-refractivity contribution in [2.75, 3.05) is 5.32 Å². The summed E-state index contributed by atoms with van der Waals surface area (Å²) in [5, 5.41) is 2.88. The van der Waals surface area contributed by atoms with Crippen LogP contribution in [0.2, 0.25) is 0 Å². The van der Waals surface area contributed by atoms with Gasteiger partial charge >= 0.3 is 0 Å². The Kier molecular flexibility index (Phi) is 5.37. The van der Waals surface area contributed by atoms with Crippen molar-refractivity contribution in [3.63, 3.8) is 0 Å². The first-order chi connectivity index (χ1) is 16.0. The predicted molar refractivity (Wildman–Crippen MR) is 131 cm³/mol. The lowest BCUT2D eigenvalue weighted by Crippen LogP contribution is -2.07. The van der Waals surface area contributed by atoms with Gasteiger partial charge in [-0.15, -0.1) is 0 Å². The second kappa shape index (κ2) is 8.63. The number of hydrogen-bond acceptors (Lipinski definition) is 4. The topological polar surface area (TPSA) is 68.3 Å². The molecule has 0 fully saturated rings. The molecule has 5 heteroatoms. The van der Waals surface area contributed by atoms with E-state index >= 15 is 0 Å². The molecule has 0 saturated carbocycles. The summed E-state index contributed by atoms with van der Waals surface area (Å²) in [6.45, 7) is 4.10. The smallest absolute Gasteiger partial charge is 0.248 e. The van der Waals surface area contributed by atoms with Crippen LogP contribution in [0.3, 0.4) is 0 Å². The third kappa shape index (κ3) is 4.48. The number of nitrogens with one attached hydrogen (secondary N) is 1. The van der Waals surface area contributed by atoms with E-state index in [9.17, 15) is 4.79 Å². The summed E-state index contributed by atoms with van der Waals surface area (Å²) >= 11 is 0. The molecule has 162 valence electrons. The first kappa shape index (κ1) is 20.5. The molecule has 2 heterocycles. The molecule has 0 spiro atoms. The van der Waals surface area contributed by atoms with Crippen molar-refractivity contribution in [1.82, 2.24) is 4.98 Å². The number of carbonyl (C=O) groups is 1. The maximum Gasteiger partial charge on any atom is 0.248 e. The highest BCUT2D eigenvalue weighted by Gasteiger charge is 2.11. The number of aromatic nitrogens is 1. The van der Waals surface area contributed by atoms with Gasteiger partial charge in [0.15, 0.2) is 5.58 Å². The molecular weight excluding hydrogens is 412 g/mol. The van der Waals surface area contributed by atoms with Gasteiger partial charge in [-0.3, -0.25) is 4.79 Å². The van der Waals surface area contributed by atoms with Gasteiger partial charge in [0.25, 0.3) is 0 Å². The molecule has 5 rings (SSSR count). The number of rotatable bonds is 5. The average Bonchev–Trinajstić information content (AvgIpc) is 3.46. The molecule has 0 bridgehead atoms. The standard InChI is InChI=1S/C28H22N2O3/c1-18-15-24-26(16-19(18)2)33-28(30-24)21-9-6-10-22(17-21)29-27(31)14-12-23-11-13-25(32-23)20-7-4-3-5-8-20/h3-17H,1-2H3,(H,29,31)/b14-12+. The van der Waals surface area contributed by atoms with E-state index in [4.69, 9.17) is 8.83 Å². The molecule has 0 aliphatic rings. The van der Waals surface area contributed by atoms with Crippen molar-refractivity contribution >= 4 is 28.8 Å². The van der Waals surface area contributed by atoms with Crippen molar-refractivity contribution in [3.8, 4) is 22.8 Å². The Morgan fingerprint density at radius 3 is 2.48 bits per heavy atom. The van der Waals surface area contributed by atoms with Gasteiger partial charge in [-0.25, -0.2) is 4.98 Å². The molecule has 0 saturated heterocycles. The van der Waals surface area contributed by atoms with Gasteiger partial charge in [-0.05, 0) is 73.5 Å². The molecular formula is C28H22N2O3. The van der Waals surface area contributed by atoms with Crippen LogP contribution in [0.15, 0.2) is 93.8 Å². The zero-order valence-electron chi connectivity index (χ0n) is 18.3. The number of carbonyl (C=O) groups excluding carboxylic acids is 1. The van der Waals surface area contributed by atoms with Crippen molar-refractivity contribution in [2.45, 2.75) is 13.8 Å². The number of furan rings is 1. The Morgan fingerprint density at radius 1 is 0.848 bits per heavy atom. The van der Waals surface area contributed by atoms with Gasteiger partial charge in [0.2, 0.25) is 11.8 Å². The van der Waals surface area contributed by atoms with Crippen LogP contribution in [0.5, 0.6) is 0 Å². The summed E-state index contributed by atoms with van der Waals surface area (Å²) < 4.78 is 11.7. The van der Waals surface area contributed by atoms with Crippen LogP contribution < -0.4 is 5.32 Å². The molecule has 1 amide bonds. The molecule has 33 heavy (non-hydrogen) atoms. The minimum Gasteiger partial charge on any atom is -0.457 e. The van der Waals surface area contributed by atoms with E-state index in [1.54, 1.807) is 6.08 Å². The average molecular weight is 434 g/mol. The summed E-state index contributed by atoms with van der Waals surface area (Å²) in [7, 11) is 0. The van der Waals surface area contributed by atoms with E-state index in [1.165, 1.54) is 11.6 Å². The van der Waals surface area contributed by atoms with Crippen LogP contribution in [-0.2, 0) is 4.79 Å². The molecule has 2 aromatic heterocycles. The van der Waals surface area contributed by atoms with Crippen molar-refractivity contribution in [1.29, 1.82) is 0 Å². The molecule has 0 aliphatic carbocycles. The maximum absolute atomic E-state index is 12.4. The summed E-state index contributed by atoms with van der Waals surface area (Å²) in [5.41, 5.74) is 6.33. The first-order valence-electron chi connectivity index (χ1n) is 10.7. The van der Waals surface area contributed by atoms with Crippen LogP contribution >= 0.6 is 0 Å². The van der Waals surface area contributed by atoms with E-state index in [2.05, 4.69) is 17.2 Å². The van der Waals surface area contributed by atoms with Gasteiger partial charge < -0.3 is 14.2 Å². The maximum atomic E-state index is 12.4. The van der Waals surface area contributed by atoms with Gasteiger partial charge in [0, 0.05) is 22.9 Å². The van der Waals surface area contributed by atoms with Gasteiger partial charge in [0.1, 0.15) is 17.0 Å². The molecule has 3 aromatic carbocycles. The normalized spacial score (nSPS) is 11.3. The summed E-state index contributed by atoms with van der Waals surface area (Å²) in [6, 6.07) is 25.0. The van der Waals surface area contributed by atoms with Crippen LogP contribution in [-0.4, -0.2) is 10.9 Å². The second-order valence-corrected chi connectivity index (χ2v) is 7.89. The number of hydrogen-bond donors (Lipinski definition) is 1. The third-order valence-corrected chi connectivity index (χ3v) is 5.47. The third-order valence-electron chi connectivity index (χ3n) is 5.47. The molecule has 0 atom stereocenters. The van der Waals surface area contributed by atoms with Crippen molar-refractivity contribution in [2.24, 2.45) is 0 Å². The molecule has 0 aliphatic heterocycles. The number of benzene rings is 3. The second-order valence-electron chi connectivity index (χ2n) is 7.89. The van der Waals surface area contributed by atoms with E-state index < -0.39 is 0 Å². The lowest BCUT2D eigenvalue weighted by atomic mass is 10.1. The van der Waals surface area contributed by atoms with Crippen molar-refractivity contribution < 1.29 is 13.6 Å². The summed E-state index contributed by atoms with van der Waals surface area (Å²) in [4.78, 5) is 17.1. The Hall–Kier alpha value is -4.38. The predicted octanol–water partition coefficient (Wildman–Crippen LogP) is 7.02. The zero-order chi connectivity index (χ0) is 22.8.